The predicted molar refractivity (Wildman–Crippen MR) is 59.1 cm³/mol. The van der Waals surface area contributed by atoms with Crippen molar-refractivity contribution < 1.29 is 26.7 Å². The number of nitrogens with two attached hydrogens (primary N) is 1. The van der Waals surface area contributed by atoms with Gasteiger partial charge in [-0.3, -0.25) is 0 Å². The summed E-state index contributed by atoms with van der Waals surface area (Å²) in [7, 11) is 0. The molecule has 1 aromatic rings. The van der Waals surface area contributed by atoms with Gasteiger partial charge in [0.05, 0.1) is 12.2 Å². The summed E-state index contributed by atoms with van der Waals surface area (Å²) in [4.78, 5) is 0. The number of benzene rings is 1. The van der Waals surface area contributed by atoms with Gasteiger partial charge in [-0.25, -0.2) is 13.2 Å². The van der Waals surface area contributed by atoms with Crippen LogP contribution in [0.4, 0.5) is 22.0 Å². The van der Waals surface area contributed by atoms with Gasteiger partial charge in [0.1, 0.15) is 5.54 Å². The molecule has 2 unspecified atom stereocenters. The molecule has 1 rings (SSSR count). The molecule has 3 nitrogen and oxygen atoms in total. The highest BCUT2D eigenvalue weighted by Gasteiger charge is 2.29. The zero-order chi connectivity index (χ0) is 15.7. The molecule has 0 spiro atoms. The Morgan fingerprint density at radius 2 is 1.50 bits per heavy atom. The standard InChI is InChI=1S/C12H11F5N2O/c1-5(3-12(2,19)4-18)20-11-9(16)7(14)6(13)8(15)10(11)17/h5H,3,19H2,1-2H3. The Labute approximate surface area is 111 Å². The first kappa shape index (κ1) is 16.2. The largest absolute Gasteiger partial charge is 0.484 e. The number of hydrogen-bond acceptors (Lipinski definition) is 3. The van der Waals surface area contributed by atoms with Gasteiger partial charge >= 0.3 is 0 Å². The minimum absolute atomic E-state index is 0.164. The van der Waals surface area contributed by atoms with Crippen LogP contribution < -0.4 is 10.5 Å². The first-order chi connectivity index (χ1) is 9.10. The van der Waals surface area contributed by atoms with E-state index >= 15 is 0 Å². The number of hydrogen-bond donors (Lipinski definition) is 1. The molecule has 2 atom stereocenters. The normalized spacial score (nSPS) is 15.3. The lowest BCUT2D eigenvalue weighted by Crippen LogP contribution is -2.39. The van der Waals surface area contributed by atoms with E-state index in [-0.39, 0.29) is 6.42 Å². The van der Waals surface area contributed by atoms with Crippen molar-refractivity contribution in [1.82, 2.24) is 0 Å². The average Bonchev–Trinajstić information content (AvgIpc) is 2.38. The summed E-state index contributed by atoms with van der Waals surface area (Å²) in [6, 6.07) is 1.72. The lowest BCUT2D eigenvalue weighted by atomic mass is 9.98. The van der Waals surface area contributed by atoms with Crippen molar-refractivity contribution in [2.45, 2.75) is 31.9 Å². The summed E-state index contributed by atoms with van der Waals surface area (Å²) in [6.45, 7) is 2.63. The predicted octanol–water partition coefficient (Wildman–Crippen LogP) is 2.78. The van der Waals surface area contributed by atoms with Crippen molar-refractivity contribution in [3.63, 3.8) is 0 Å². The number of nitrogens with zero attached hydrogens (tertiary/aromatic N) is 1. The summed E-state index contributed by atoms with van der Waals surface area (Å²) < 4.78 is 70.1. The third-order valence-corrected chi connectivity index (χ3v) is 2.46. The van der Waals surface area contributed by atoms with Gasteiger partial charge in [-0.2, -0.15) is 14.0 Å². The van der Waals surface area contributed by atoms with Crippen LogP contribution in [0.1, 0.15) is 20.3 Å². The van der Waals surface area contributed by atoms with Crippen molar-refractivity contribution in [2.75, 3.05) is 0 Å². The maximum atomic E-state index is 13.3. The van der Waals surface area contributed by atoms with E-state index in [4.69, 9.17) is 15.7 Å². The van der Waals surface area contributed by atoms with Crippen LogP contribution in [0, 0.1) is 40.4 Å². The van der Waals surface area contributed by atoms with Gasteiger partial charge in [0, 0.05) is 6.42 Å². The fourth-order valence-electron chi connectivity index (χ4n) is 1.57. The lowest BCUT2D eigenvalue weighted by Gasteiger charge is -2.22. The molecule has 1 aromatic carbocycles. The van der Waals surface area contributed by atoms with E-state index in [1.807, 2.05) is 0 Å². The first-order valence-electron chi connectivity index (χ1n) is 5.49. The molecule has 0 aromatic heterocycles. The van der Waals surface area contributed by atoms with E-state index in [1.165, 1.54) is 13.8 Å². The maximum absolute atomic E-state index is 13.3. The lowest BCUT2D eigenvalue weighted by molar-refractivity contribution is 0.168. The summed E-state index contributed by atoms with van der Waals surface area (Å²) >= 11 is 0. The molecule has 0 aliphatic heterocycles. The third kappa shape index (κ3) is 3.17. The second kappa shape index (κ2) is 5.63. The summed E-state index contributed by atoms with van der Waals surface area (Å²) in [6.07, 6.45) is -1.19. The van der Waals surface area contributed by atoms with Crippen LogP contribution in [-0.4, -0.2) is 11.6 Å². The van der Waals surface area contributed by atoms with Gasteiger partial charge in [-0.05, 0) is 13.8 Å². The fraction of sp³-hybridized carbons (Fsp3) is 0.417. The number of nitriles is 1. The molecule has 20 heavy (non-hydrogen) atoms. The molecule has 2 N–H and O–H groups in total. The van der Waals surface area contributed by atoms with Crippen LogP contribution in [0.15, 0.2) is 0 Å². The fourth-order valence-corrected chi connectivity index (χ4v) is 1.57. The van der Waals surface area contributed by atoms with Gasteiger partial charge in [0.15, 0.2) is 5.75 Å². The van der Waals surface area contributed by atoms with E-state index in [0.717, 1.165) is 0 Å². The molecular formula is C12H11F5N2O. The quantitative estimate of drug-likeness (QED) is 0.528. The Morgan fingerprint density at radius 3 is 1.90 bits per heavy atom. The van der Waals surface area contributed by atoms with Crippen LogP contribution >= 0.6 is 0 Å². The van der Waals surface area contributed by atoms with Gasteiger partial charge in [0.2, 0.25) is 29.1 Å². The van der Waals surface area contributed by atoms with Crippen LogP contribution in [0.25, 0.3) is 0 Å². The Hall–Kier alpha value is -1.88. The smallest absolute Gasteiger partial charge is 0.206 e. The summed E-state index contributed by atoms with van der Waals surface area (Å²) in [5.74, 6) is -12.0. The molecule has 8 heteroatoms. The molecule has 0 heterocycles. The minimum atomic E-state index is -2.26. The van der Waals surface area contributed by atoms with Crippen molar-refractivity contribution in [2.24, 2.45) is 5.73 Å². The van der Waals surface area contributed by atoms with Crippen LogP contribution in [0.5, 0.6) is 5.75 Å². The monoisotopic (exact) mass is 294 g/mol. The maximum Gasteiger partial charge on any atom is 0.206 e. The van der Waals surface area contributed by atoms with E-state index in [1.54, 1.807) is 6.07 Å². The number of ether oxygens (including phenoxy) is 1. The molecule has 0 aliphatic rings. The van der Waals surface area contributed by atoms with E-state index in [2.05, 4.69) is 0 Å². The minimum Gasteiger partial charge on any atom is -0.484 e. The molecule has 0 radical (unpaired) electrons. The van der Waals surface area contributed by atoms with Crippen molar-refractivity contribution >= 4 is 0 Å². The molecule has 0 saturated carbocycles. The molecule has 110 valence electrons. The molecule has 0 amide bonds. The highest BCUT2D eigenvalue weighted by molar-refractivity contribution is 5.30. The van der Waals surface area contributed by atoms with Gasteiger partial charge in [-0.1, -0.05) is 0 Å². The van der Waals surface area contributed by atoms with Crippen LogP contribution in [0.3, 0.4) is 0 Å². The zero-order valence-corrected chi connectivity index (χ0v) is 10.6. The topological polar surface area (TPSA) is 59.0 Å². The van der Waals surface area contributed by atoms with Crippen molar-refractivity contribution in [3.05, 3.63) is 29.1 Å². The molecular weight excluding hydrogens is 283 g/mol. The van der Waals surface area contributed by atoms with E-state index < -0.39 is 46.5 Å². The Bertz CT molecular complexity index is 539. The Morgan fingerprint density at radius 1 is 1.10 bits per heavy atom. The second-order valence-corrected chi connectivity index (χ2v) is 4.56. The van der Waals surface area contributed by atoms with E-state index in [9.17, 15) is 22.0 Å². The highest BCUT2D eigenvalue weighted by Crippen LogP contribution is 2.30. The Balaban J connectivity index is 3.08. The van der Waals surface area contributed by atoms with Crippen molar-refractivity contribution in [1.29, 1.82) is 5.26 Å². The third-order valence-electron chi connectivity index (χ3n) is 2.46. The number of halogens is 5. The van der Waals surface area contributed by atoms with Crippen LogP contribution in [-0.2, 0) is 0 Å². The Kier molecular flexibility index (Phi) is 4.55. The van der Waals surface area contributed by atoms with Crippen molar-refractivity contribution in [3.8, 4) is 11.8 Å². The SMILES string of the molecule is CC(CC(C)(N)C#N)Oc1c(F)c(F)c(F)c(F)c1F. The van der Waals surface area contributed by atoms with Crippen LogP contribution in [0.2, 0.25) is 0 Å². The zero-order valence-electron chi connectivity index (χ0n) is 10.6. The van der Waals surface area contributed by atoms with Gasteiger partial charge in [0.25, 0.3) is 0 Å². The molecule has 0 fully saturated rings. The number of rotatable bonds is 4. The van der Waals surface area contributed by atoms with Gasteiger partial charge < -0.3 is 10.5 Å². The summed E-state index contributed by atoms with van der Waals surface area (Å²) in [5.41, 5.74) is 4.14. The highest BCUT2D eigenvalue weighted by atomic mass is 19.2. The molecule has 0 bridgehead atoms. The second-order valence-electron chi connectivity index (χ2n) is 4.56. The summed E-state index contributed by atoms with van der Waals surface area (Å²) in [5, 5.41) is 8.69. The molecule has 0 saturated heterocycles. The van der Waals surface area contributed by atoms with E-state index in [0.29, 0.717) is 0 Å². The molecule has 0 aliphatic carbocycles. The van der Waals surface area contributed by atoms with Gasteiger partial charge in [-0.15, -0.1) is 0 Å². The average molecular weight is 294 g/mol. The first-order valence-corrected chi connectivity index (χ1v) is 5.49.